The third kappa shape index (κ3) is 6.52. The van der Waals surface area contributed by atoms with Gasteiger partial charge in [-0.3, -0.25) is 4.98 Å². The number of hydrogen-bond acceptors (Lipinski definition) is 6. The van der Waals surface area contributed by atoms with E-state index in [4.69, 9.17) is 14.2 Å². The van der Waals surface area contributed by atoms with Gasteiger partial charge in [0.25, 0.3) is 0 Å². The Kier molecular flexibility index (Phi) is 8.74. The Labute approximate surface area is 213 Å². The van der Waals surface area contributed by atoms with Crippen LogP contribution < -0.4 is 9.64 Å². The lowest BCUT2D eigenvalue weighted by Crippen LogP contribution is -2.25. The highest BCUT2D eigenvalue weighted by Gasteiger charge is 2.21. The van der Waals surface area contributed by atoms with E-state index in [1.54, 1.807) is 6.20 Å². The summed E-state index contributed by atoms with van der Waals surface area (Å²) in [4.78, 5) is 19.2. The van der Waals surface area contributed by atoms with Crippen LogP contribution in [0, 0.1) is 0 Å². The summed E-state index contributed by atoms with van der Waals surface area (Å²) in [6.07, 6.45) is 6.20. The molecule has 0 amide bonds. The van der Waals surface area contributed by atoms with Gasteiger partial charge >= 0.3 is 5.97 Å². The molecular weight excluding hydrogens is 452 g/mol. The lowest BCUT2D eigenvalue weighted by Gasteiger charge is -2.25. The Morgan fingerprint density at radius 3 is 2.61 bits per heavy atom. The van der Waals surface area contributed by atoms with Crippen molar-refractivity contribution in [3.05, 3.63) is 83.7 Å². The number of benzene rings is 2. The topological polar surface area (TPSA) is 60.9 Å². The molecule has 3 aromatic rings. The second-order valence-electron chi connectivity index (χ2n) is 8.86. The highest BCUT2D eigenvalue weighted by atomic mass is 16.7. The van der Waals surface area contributed by atoms with Crippen LogP contribution in [0.1, 0.15) is 44.4 Å². The number of methoxy groups -OCH3 is 1. The first-order valence-corrected chi connectivity index (χ1v) is 12.5. The monoisotopic (exact) mass is 486 g/mol. The predicted molar refractivity (Wildman–Crippen MR) is 143 cm³/mol. The van der Waals surface area contributed by atoms with Crippen LogP contribution in [-0.2, 0) is 20.8 Å². The Bertz CT molecular complexity index is 1180. The molecule has 6 nitrogen and oxygen atoms in total. The van der Waals surface area contributed by atoms with Crippen molar-refractivity contribution in [3.63, 3.8) is 0 Å². The van der Waals surface area contributed by atoms with Gasteiger partial charge in [-0.2, -0.15) is 0 Å². The number of anilines is 1. The Hall–Kier alpha value is -3.64. The van der Waals surface area contributed by atoms with E-state index < -0.39 is 0 Å². The van der Waals surface area contributed by atoms with Gasteiger partial charge in [0.15, 0.2) is 6.29 Å². The summed E-state index contributed by atoms with van der Waals surface area (Å²) in [6.45, 7) is 6.12. The fourth-order valence-electron chi connectivity index (χ4n) is 4.26. The van der Waals surface area contributed by atoms with Crippen molar-refractivity contribution in [1.29, 1.82) is 0 Å². The molecule has 36 heavy (non-hydrogen) atoms. The third-order valence-corrected chi connectivity index (χ3v) is 6.22. The Balaban J connectivity index is 1.57. The number of pyridine rings is 1. The summed E-state index contributed by atoms with van der Waals surface area (Å²) in [5.74, 6) is 0.481. The molecule has 1 aromatic heterocycles. The third-order valence-electron chi connectivity index (χ3n) is 6.22. The number of hydrogen-bond donors (Lipinski definition) is 0. The predicted octanol–water partition coefficient (Wildman–Crippen LogP) is 6.26. The molecule has 1 aliphatic heterocycles. The van der Waals surface area contributed by atoms with E-state index in [1.807, 2.05) is 55.5 Å². The summed E-state index contributed by atoms with van der Waals surface area (Å²) in [6, 6.07) is 20.3. The average molecular weight is 487 g/mol. The molecule has 0 aliphatic carbocycles. The number of nitrogens with zero attached hydrogens (tertiary/aromatic N) is 2. The molecule has 0 N–H and O–H groups in total. The van der Waals surface area contributed by atoms with Crippen molar-refractivity contribution in [1.82, 2.24) is 4.98 Å². The van der Waals surface area contributed by atoms with Crippen LogP contribution >= 0.6 is 0 Å². The van der Waals surface area contributed by atoms with E-state index in [9.17, 15) is 4.79 Å². The fraction of sp³-hybridized carbons (Fsp3) is 0.333. The molecule has 1 unspecified atom stereocenters. The van der Waals surface area contributed by atoms with Crippen LogP contribution in [0.5, 0.6) is 5.75 Å². The van der Waals surface area contributed by atoms with E-state index in [-0.39, 0.29) is 12.3 Å². The summed E-state index contributed by atoms with van der Waals surface area (Å²) in [7, 11) is 1.43. The number of carbonyl (C=O) groups excluding carboxylic acids is 1. The fourth-order valence-corrected chi connectivity index (χ4v) is 4.26. The molecule has 1 atom stereocenters. The molecule has 188 valence electrons. The van der Waals surface area contributed by atoms with Crippen molar-refractivity contribution >= 4 is 17.7 Å². The van der Waals surface area contributed by atoms with Crippen molar-refractivity contribution in [3.8, 4) is 16.9 Å². The van der Waals surface area contributed by atoms with E-state index >= 15 is 0 Å². The zero-order valence-corrected chi connectivity index (χ0v) is 21.3. The molecule has 0 saturated carbocycles. The molecule has 0 fully saturated rings. The molecule has 1 aliphatic rings. The summed E-state index contributed by atoms with van der Waals surface area (Å²) in [5.41, 5.74) is 5.84. The molecule has 0 bridgehead atoms. The van der Waals surface area contributed by atoms with Gasteiger partial charge in [0.1, 0.15) is 5.75 Å². The Morgan fingerprint density at radius 1 is 1.08 bits per heavy atom. The smallest absolute Gasteiger partial charge is 0.333 e. The van der Waals surface area contributed by atoms with Crippen molar-refractivity contribution in [2.24, 2.45) is 0 Å². The van der Waals surface area contributed by atoms with Gasteiger partial charge in [-0.1, -0.05) is 37.6 Å². The number of aromatic nitrogens is 1. The van der Waals surface area contributed by atoms with E-state index in [0.717, 1.165) is 46.7 Å². The second kappa shape index (κ2) is 12.4. The van der Waals surface area contributed by atoms with Crippen LogP contribution in [0.4, 0.5) is 5.69 Å². The van der Waals surface area contributed by atoms with Gasteiger partial charge in [0.05, 0.1) is 26.0 Å². The molecular formula is C30H34N2O4. The van der Waals surface area contributed by atoms with Gasteiger partial charge in [-0.05, 0) is 78.9 Å². The normalized spacial score (nSPS) is 13.9. The van der Waals surface area contributed by atoms with Crippen LogP contribution in [0.25, 0.3) is 17.2 Å². The quantitative estimate of drug-likeness (QED) is 0.192. The lowest BCUT2D eigenvalue weighted by atomic mass is 10.00. The minimum Gasteiger partial charge on any atom is -0.466 e. The van der Waals surface area contributed by atoms with Crippen molar-refractivity contribution < 1.29 is 19.0 Å². The minimum absolute atomic E-state index is 0.289. The van der Waals surface area contributed by atoms with Crippen molar-refractivity contribution in [2.75, 3.05) is 25.2 Å². The van der Waals surface area contributed by atoms with E-state index in [0.29, 0.717) is 31.7 Å². The van der Waals surface area contributed by atoms with Gasteiger partial charge < -0.3 is 19.1 Å². The molecule has 0 spiro atoms. The van der Waals surface area contributed by atoms with Crippen LogP contribution in [0.2, 0.25) is 0 Å². The number of unbranched alkanes of at least 4 members (excludes halogenated alkanes) is 1. The summed E-state index contributed by atoms with van der Waals surface area (Å²) in [5, 5.41) is 0. The zero-order valence-electron chi connectivity index (χ0n) is 21.3. The average Bonchev–Trinajstić information content (AvgIpc) is 3.08. The zero-order chi connectivity index (χ0) is 25.3. The number of rotatable bonds is 10. The number of esters is 1. The van der Waals surface area contributed by atoms with Crippen LogP contribution in [-0.4, -0.2) is 37.5 Å². The van der Waals surface area contributed by atoms with E-state index in [1.165, 1.54) is 7.11 Å². The number of fused-ring (bicyclic) bond motifs is 1. The Morgan fingerprint density at radius 2 is 1.89 bits per heavy atom. The maximum atomic E-state index is 12.4. The molecule has 6 heteroatoms. The number of carbonyl (C=O) groups is 1. The highest BCUT2D eigenvalue weighted by molar-refractivity contribution is 5.96. The molecule has 2 aromatic carbocycles. The molecule has 2 heterocycles. The van der Waals surface area contributed by atoms with Gasteiger partial charge in [-0.15, -0.1) is 0 Å². The van der Waals surface area contributed by atoms with Crippen molar-refractivity contribution in [2.45, 2.75) is 45.9 Å². The SMILES string of the molecule is CCCCOC(C)Oc1ccc(-c2ccc3c(c2)C=C(C(=O)OC)CCN3Cc2ccccn2)cc1. The molecule has 0 radical (unpaired) electrons. The maximum Gasteiger partial charge on any atom is 0.333 e. The first kappa shape index (κ1) is 25.5. The van der Waals surface area contributed by atoms with Crippen LogP contribution in [0.3, 0.4) is 0 Å². The largest absolute Gasteiger partial charge is 0.466 e. The van der Waals surface area contributed by atoms with E-state index in [2.05, 4.69) is 35.0 Å². The van der Waals surface area contributed by atoms with Crippen LogP contribution in [0.15, 0.2) is 72.4 Å². The minimum atomic E-state index is -0.290. The van der Waals surface area contributed by atoms with Gasteiger partial charge in [0, 0.05) is 24.0 Å². The first-order valence-electron chi connectivity index (χ1n) is 12.5. The summed E-state index contributed by atoms with van der Waals surface area (Å²) < 4.78 is 16.6. The number of ether oxygens (including phenoxy) is 3. The summed E-state index contributed by atoms with van der Waals surface area (Å²) >= 11 is 0. The standard InChI is InChI=1S/C30H34N2O4/c1-4-5-18-35-22(2)36-28-12-9-23(10-13-28)24-11-14-29-26(19-24)20-25(30(33)34-3)15-17-32(29)21-27-8-6-7-16-31-27/h6-14,16,19-20,22H,4-5,15,17-18,21H2,1-3H3. The molecule has 4 rings (SSSR count). The van der Waals surface area contributed by atoms with Gasteiger partial charge in [-0.25, -0.2) is 4.79 Å². The second-order valence-corrected chi connectivity index (χ2v) is 8.86. The lowest BCUT2D eigenvalue weighted by molar-refractivity contribution is -0.136. The van der Waals surface area contributed by atoms with Gasteiger partial charge in [0.2, 0.25) is 0 Å². The first-order chi connectivity index (χ1) is 17.6. The molecule has 0 saturated heterocycles. The maximum absolute atomic E-state index is 12.4. The highest BCUT2D eigenvalue weighted by Crippen LogP contribution is 2.34.